The number of thioether (sulfide) groups is 1. The molecule has 0 bridgehead atoms. The van der Waals surface area contributed by atoms with E-state index in [1.165, 1.54) is 11.8 Å². The van der Waals surface area contributed by atoms with E-state index in [1.54, 1.807) is 23.3 Å². The van der Waals surface area contributed by atoms with Gasteiger partial charge in [-0.3, -0.25) is 4.79 Å². The molecule has 0 aliphatic heterocycles. The molecule has 5 nitrogen and oxygen atoms in total. The standard InChI is InChI=1S/C16H15ClN4OS2/c1-20(12-6-4-3-5-7-12)15(22)13(17)24-16-19-18-14(21(16)2)11-8-9-23-10-11/h3-10,13H,1-2H3. The zero-order valence-electron chi connectivity index (χ0n) is 13.1. The van der Waals surface area contributed by atoms with E-state index in [4.69, 9.17) is 11.6 Å². The summed E-state index contributed by atoms with van der Waals surface area (Å²) in [6.07, 6.45) is 0. The molecule has 0 spiro atoms. The lowest BCUT2D eigenvalue weighted by molar-refractivity contribution is -0.116. The quantitative estimate of drug-likeness (QED) is 0.499. The fraction of sp³-hybridized carbons (Fsp3) is 0.188. The van der Waals surface area contributed by atoms with Gasteiger partial charge in [0.05, 0.1) is 0 Å². The third kappa shape index (κ3) is 3.48. The van der Waals surface area contributed by atoms with Gasteiger partial charge in [-0.15, -0.1) is 10.2 Å². The van der Waals surface area contributed by atoms with Gasteiger partial charge in [0.2, 0.25) is 0 Å². The van der Waals surface area contributed by atoms with Crippen LogP contribution >= 0.6 is 34.7 Å². The van der Waals surface area contributed by atoms with E-state index >= 15 is 0 Å². The second-order valence-electron chi connectivity index (χ2n) is 5.04. The minimum Gasteiger partial charge on any atom is -0.313 e. The van der Waals surface area contributed by atoms with Crippen LogP contribution in [0.3, 0.4) is 0 Å². The maximum atomic E-state index is 12.5. The van der Waals surface area contributed by atoms with Crippen molar-refractivity contribution in [3.05, 3.63) is 47.2 Å². The van der Waals surface area contributed by atoms with Crippen LogP contribution in [-0.2, 0) is 11.8 Å². The molecule has 0 radical (unpaired) electrons. The van der Waals surface area contributed by atoms with Crippen molar-refractivity contribution in [2.45, 2.75) is 9.87 Å². The van der Waals surface area contributed by atoms with Crippen molar-refractivity contribution in [1.82, 2.24) is 14.8 Å². The number of hydrogen-bond donors (Lipinski definition) is 0. The first kappa shape index (κ1) is 17.0. The fourth-order valence-electron chi connectivity index (χ4n) is 2.13. The molecule has 0 saturated carbocycles. The Kier molecular flexibility index (Phi) is 5.23. The van der Waals surface area contributed by atoms with E-state index in [0.29, 0.717) is 5.16 Å². The number of rotatable bonds is 5. The van der Waals surface area contributed by atoms with E-state index in [2.05, 4.69) is 10.2 Å². The van der Waals surface area contributed by atoms with Gasteiger partial charge in [0.25, 0.3) is 5.91 Å². The Labute approximate surface area is 153 Å². The maximum Gasteiger partial charge on any atom is 0.255 e. The van der Waals surface area contributed by atoms with Gasteiger partial charge < -0.3 is 9.47 Å². The third-order valence-electron chi connectivity index (χ3n) is 3.49. The molecular weight excluding hydrogens is 364 g/mol. The van der Waals surface area contributed by atoms with Crippen molar-refractivity contribution in [1.29, 1.82) is 0 Å². The van der Waals surface area contributed by atoms with Crippen LogP contribution in [0.1, 0.15) is 0 Å². The molecule has 0 saturated heterocycles. The zero-order chi connectivity index (χ0) is 17.1. The largest absolute Gasteiger partial charge is 0.313 e. The minimum atomic E-state index is -0.784. The van der Waals surface area contributed by atoms with E-state index in [0.717, 1.165) is 17.1 Å². The number of anilines is 1. The third-order valence-corrected chi connectivity index (χ3v) is 5.60. The number of carbonyl (C=O) groups is 1. The lowest BCUT2D eigenvalue weighted by atomic mass is 10.3. The molecule has 1 unspecified atom stereocenters. The Hall–Kier alpha value is -1.83. The van der Waals surface area contributed by atoms with Gasteiger partial charge in [-0.05, 0) is 23.6 Å². The van der Waals surface area contributed by atoms with Crippen molar-refractivity contribution in [2.75, 3.05) is 11.9 Å². The molecule has 24 heavy (non-hydrogen) atoms. The fourth-order valence-corrected chi connectivity index (χ4v) is 3.93. The number of aromatic nitrogens is 3. The number of amides is 1. The van der Waals surface area contributed by atoms with Crippen LogP contribution in [0, 0.1) is 0 Å². The second-order valence-corrected chi connectivity index (χ2v) is 7.59. The smallest absolute Gasteiger partial charge is 0.255 e. The number of benzene rings is 1. The van der Waals surface area contributed by atoms with E-state index in [1.807, 2.05) is 58.8 Å². The molecule has 0 fully saturated rings. The van der Waals surface area contributed by atoms with Gasteiger partial charge in [-0.1, -0.05) is 41.6 Å². The Morgan fingerprint density at radius 3 is 2.71 bits per heavy atom. The Morgan fingerprint density at radius 1 is 1.29 bits per heavy atom. The van der Waals surface area contributed by atoms with Gasteiger partial charge in [0, 0.05) is 30.7 Å². The van der Waals surface area contributed by atoms with E-state index in [-0.39, 0.29) is 5.91 Å². The van der Waals surface area contributed by atoms with Crippen molar-refractivity contribution in [2.24, 2.45) is 7.05 Å². The SMILES string of the molecule is CN(C(=O)C(Cl)Sc1nnc(-c2ccsc2)n1C)c1ccccc1. The van der Waals surface area contributed by atoms with Crippen LogP contribution in [0.4, 0.5) is 5.69 Å². The van der Waals surface area contributed by atoms with Crippen molar-refractivity contribution in [3.63, 3.8) is 0 Å². The lowest BCUT2D eigenvalue weighted by Crippen LogP contribution is -2.32. The number of thiophene rings is 1. The summed E-state index contributed by atoms with van der Waals surface area (Å²) in [6.45, 7) is 0. The molecule has 8 heteroatoms. The molecule has 1 atom stereocenters. The Morgan fingerprint density at radius 2 is 2.04 bits per heavy atom. The molecule has 2 aromatic heterocycles. The van der Waals surface area contributed by atoms with Gasteiger partial charge in [0.15, 0.2) is 15.7 Å². The number of nitrogens with zero attached hydrogens (tertiary/aromatic N) is 4. The van der Waals surface area contributed by atoms with Gasteiger partial charge in [-0.2, -0.15) is 11.3 Å². The van der Waals surface area contributed by atoms with Crippen LogP contribution in [0.5, 0.6) is 0 Å². The summed E-state index contributed by atoms with van der Waals surface area (Å²) in [4.78, 5) is 14.1. The van der Waals surface area contributed by atoms with Crippen LogP contribution in [0.25, 0.3) is 11.4 Å². The monoisotopic (exact) mass is 378 g/mol. The summed E-state index contributed by atoms with van der Waals surface area (Å²) in [7, 11) is 3.57. The number of hydrogen-bond acceptors (Lipinski definition) is 5. The zero-order valence-corrected chi connectivity index (χ0v) is 15.5. The normalized spacial score (nSPS) is 12.1. The van der Waals surface area contributed by atoms with Crippen LogP contribution in [0.2, 0.25) is 0 Å². The highest BCUT2D eigenvalue weighted by atomic mass is 35.5. The molecule has 1 amide bonds. The molecule has 3 aromatic rings. The van der Waals surface area contributed by atoms with E-state index in [9.17, 15) is 4.79 Å². The number of para-hydroxylation sites is 1. The molecular formula is C16H15ClN4OS2. The van der Waals surface area contributed by atoms with E-state index < -0.39 is 4.71 Å². The van der Waals surface area contributed by atoms with Crippen molar-refractivity contribution in [3.8, 4) is 11.4 Å². The van der Waals surface area contributed by atoms with Crippen LogP contribution in [0.15, 0.2) is 52.3 Å². The molecule has 2 heterocycles. The molecule has 0 N–H and O–H groups in total. The highest BCUT2D eigenvalue weighted by molar-refractivity contribution is 8.01. The van der Waals surface area contributed by atoms with Crippen molar-refractivity contribution >= 4 is 46.3 Å². The molecule has 0 aliphatic carbocycles. The minimum absolute atomic E-state index is 0.201. The molecule has 1 aromatic carbocycles. The molecule has 3 rings (SSSR count). The van der Waals surface area contributed by atoms with Gasteiger partial charge >= 0.3 is 0 Å². The average molecular weight is 379 g/mol. The summed E-state index contributed by atoms with van der Waals surface area (Å²) < 4.78 is 1.06. The van der Waals surface area contributed by atoms with Crippen LogP contribution in [-0.4, -0.2) is 32.4 Å². The first-order valence-electron chi connectivity index (χ1n) is 7.13. The lowest BCUT2D eigenvalue weighted by Gasteiger charge is -2.19. The summed E-state index contributed by atoms with van der Waals surface area (Å²) in [5.41, 5.74) is 1.80. The summed E-state index contributed by atoms with van der Waals surface area (Å²) >= 11 is 9.09. The predicted molar refractivity (Wildman–Crippen MR) is 99.7 cm³/mol. The number of halogens is 1. The summed E-state index contributed by atoms with van der Waals surface area (Å²) in [6, 6.07) is 11.4. The van der Waals surface area contributed by atoms with Crippen LogP contribution < -0.4 is 4.90 Å². The highest BCUT2D eigenvalue weighted by Crippen LogP contribution is 2.30. The van der Waals surface area contributed by atoms with Gasteiger partial charge in [0.1, 0.15) is 0 Å². The molecule has 124 valence electrons. The maximum absolute atomic E-state index is 12.5. The predicted octanol–water partition coefficient (Wildman–Crippen LogP) is 3.86. The highest BCUT2D eigenvalue weighted by Gasteiger charge is 2.24. The second kappa shape index (κ2) is 7.38. The first-order valence-corrected chi connectivity index (χ1v) is 9.39. The van der Waals surface area contributed by atoms with Gasteiger partial charge in [-0.25, -0.2) is 0 Å². The Bertz CT molecular complexity index is 820. The molecule has 0 aliphatic rings. The number of carbonyl (C=O) groups excluding carboxylic acids is 1. The average Bonchev–Trinajstić information content (AvgIpc) is 3.25. The summed E-state index contributed by atoms with van der Waals surface area (Å²) in [5, 5.41) is 12.9. The topological polar surface area (TPSA) is 51.0 Å². The first-order chi connectivity index (χ1) is 11.6. The summed E-state index contributed by atoms with van der Waals surface area (Å²) in [5.74, 6) is 0.555. The van der Waals surface area contributed by atoms with Crippen molar-refractivity contribution < 1.29 is 4.79 Å². The number of alkyl halides is 1. The Balaban J connectivity index is 1.73.